The summed E-state index contributed by atoms with van der Waals surface area (Å²) >= 11 is 0. The molecule has 0 aromatic heterocycles. The molecule has 4 nitrogen and oxygen atoms in total. The number of ketones is 1. The summed E-state index contributed by atoms with van der Waals surface area (Å²) in [6, 6.07) is 8.56. The van der Waals surface area contributed by atoms with E-state index in [0.717, 1.165) is 0 Å². The van der Waals surface area contributed by atoms with Crippen LogP contribution in [-0.2, 0) is 9.53 Å². The van der Waals surface area contributed by atoms with Crippen LogP contribution in [0.2, 0.25) is 0 Å². The highest BCUT2D eigenvalue weighted by Crippen LogP contribution is 2.16. The topological polar surface area (TPSA) is 63.6 Å². The zero-order chi connectivity index (χ0) is 13.5. The quantitative estimate of drug-likeness (QED) is 0.475. The van der Waals surface area contributed by atoms with Crippen molar-refractivity contribution in [3.63, 3.8) is 0 Å². The molecule has 1 unspecified atom stereocenters. The van der Waals surface area contributed by atoms with Gasteiger partial charge in [-0.25, -0.2) is 0 Å². The van der Waals surface area contributed by atoms with E-state index in [1.54, 1.807) is 44.2 Å². The first-order chi connectivity index (χ1) is 8.56. The third-order valence-electron chi connectivity index (χ3n) is 2.52. The molecule has 0 spiro atoms. The van der Waals surface area contributed by atoms with E-state index in [-0.39, 0.29) is 18.8 Å². The second-order valence-corrected chi connectivity index (χ2v) is 4.12. The maximum absolute atomic E-state index is 12.2. The molecule has 4 heteroatoms. The van der Waals surface area contributed by atoms with Crippen LogP contribution in [0, 0.1) is 5.92 Å². The summed E-state index contributed by atoms with van der Waals surface area (Å²) in [5.74, 6) is -1.82. The smallest absolute Gasteiger partial charge is 0.316 e. The Balaban J connectivity index is 2.89. The Kier molecular flexibility index (Phi) is 5.52. The fourth-order valence-corrected chi connectivity index (χ4v) is 1.70. The van der Waals surface area contributed by atoms with Crippen molar-refractivity contribution < 1.29 is 19.4 Å². The van der Waals surface area contributed by atoms with Crippen molar-refractivity contribution in [2.24, 2.45) is 5.92 Å². The van der Waals surface area contributed by atoms with Crippen LogP contribution in [0.4, 0.5) is 0 Å². The molecule has 1 aromatic carbocycles. The molecule has 0 aliphatic carbocycles. The lowest BCUT2D eigenvalue weighted by atomic mass is 9.92. The molecular formula is C14H18O4. The predicted octanol–water partition coefficient (Wildman–Crippen LogP) is 1.82. The van der Waals surface area contributed by atoms with Crippen LogP contribution in [0.25, 0.3) is 0 Å². The van der Waals surface area contributed by atoms with Gasteiger partial charge < -0.3 is 9.84 Å². The summed E-state index contributed by atoms with van der Waals surface area (Å²) in [6.07, 6.45) is -0.654. The molecule has 1 N–H and O–H groups in total. The highest BCUT2D eigenvalue weighted by molar-refractivity contribution is 6.08. The first-order valence-electron chi connectivity index (χ1n) is 6.00. The average molecular weight is 250 g/mol. The molecule has 0 saturated heterocycles. The van der Waals surface area contributed by atoms with Crippen LogP contribution in [0.15, 0.2) is 30.3 Å². The van der Waals surface area contributed by atoms with Gasteiger partial charge in [-0.15, -0.1) is 0 Å². The average Bonchev–Trinajstić information content (AvgIpc) is 2.36. The van der Waals surface area contributed by atoms with Gasteiger partial charge in [-0.3, -0.25) is 9.59 Å². The number of benzene rings is 1. The number of hydrogen-bond donors (Lipinski definition) is 1. The van der Waals surface area contributed by atoms with Crippen LogP contribution in [0.3, 0.4) is 0 Å². The minimum Gasteiger partial charge on any atom is -0.465 e. The number of hydrogen-bond acceptors (Lipinski definition) is 4. The van der Waals surface area contributed by atoms with Gasteiger partial charge in [0.1, 0.15) is 5.92 Å². The first-order valence-corrected chi connectivity index (χ1v) is 6.00. The zero-order valence-electron chi connectivity index (χ0n) is 10.6. The molecule has 0 fully saturated rings. The van der Waals surface area contributed by atoms with Crippen LogP contribution in [0.5, 0.6) is 0 Å². The van der Waals surface area contributed by atoms with E-state index in [0.29, 0.717) is 5.56 Å². The van der Waals surface area contributed by atoms with Crippen LogP contribution >= 0.6 is 0 Å². The van der Waals surface area contributed by atoms with E-state index in [1.807, 2.05) is 0 Å². The molecule has 0 saturated carbocycles. The number of carbonyl (C=O) groups is 2. The minimum atomic E-state index is -0.938. The largest absolute Gasteiger partial charge is 0.465 e. The fourth-order valence-electron chi connectivity index (χ4n) is 1.70. The summed E-state index contributed by atoms with van der Waals surface area (Å²) in [6.45, 7) is 3.45. The Bertz CT molecular complexity index is 398. The number of carbonyl (C=O) groups excluding carboxylic acids is 2. The maximum Gasteiger partial charge on any atom is 0.316 e. The van der Waals surface area contributed by atoms with Crippen LogP contribution in [-0.4, -0.2) is 29.6 Å². The van der Waals surface area contributed by atoms with E-state index in [4.69, 9.17) is 4.74 Å². The van der Waals surface area contributed by atoms with Gasteiger partial charge in [-0.05, 0) is 20.3 Å². The number of Topliss-reactive ketones (excluding diaryl/α,β-unsaturated/α-hetero) is 1. The highest BCUT2D eigenvalue weighted by atomic mass is 16.5. The van der Waals surface area contributed by atoms with Gasteiger partial charge in [0.25, 0.3) is 0 Å². The van der Waals surface area contributed by atoms with Gasteiger partial charge >= 0.3 is 5.97 Å². The van der Waals surface area contributed by atoms with Gasteiger partial charge in [0.15, 0.2) is 5.78 Å². The SMILES string of the molecule is CCOC(=O)C(C[C@H](C)O)C(=O)c1ccccc1. The molecule has 0 amide bonds. The second kappa shape index (κ2) is 6.91. The van der Waals surface area contributed by atoms with E-state index < -0.39 is 18.0 Å². The van der Waals surface area contributed by atoms with E-state index in [2.05, 4.69) is 0 Å². The fraction of sp³-hybridized carbons (Fsp3) is 0.429. The number of ether oxygens (including phenoxy) is 1. The van der Waals surface area contributed by atoms with Crippen molar-refractivity contribution in [1.82, 2.24) is 0 Å². The van der Waals surface area contributed by atoms with E-state index in [9.17, 15) is 14.7 Å². The molecular weight excluding hydrogens is 232 g/mol. The molecule has 0 aliphatic heterocycles. The Labute approximate surface area is 107 Å². The van der Waals surface area contributed by atoms with Gasteiger partial charge in [-0.2, -0.15) is 0 Å². The van der Waals surface area contributed by atoms with Crippen LogP contribution < -0.4 is 0 Å². The molecule has 18 heavy (non-hydrogen) atoms. The number of aliphatic hydroxyl groups excluding tert-OH is 1. The zero-order valence-corrected chi connectivity index (χ0v) is 10.6. The molecule has 1 rings (SSSR count). The maximum atomic E-state index is 12.2. The summed E-state index contributed by atoms with van der Waals surface area (Å²) in [4.78, 5) is 23.9. The third-order valence-corrected chi connectivity index (χ3v) is 2.52. The minimum absolute atomic E-state index is 0.0760. The number of rotatable bonds is 6. The highest BCUT2D eigenvalue weighted by Gasteiger charge is 2.29. The van der Waals surface area contributed by atoms with Gasteiger partial charge in [0.2, 0.25) is 0 Å². The predicted molar refractivity (Wildman–Crippen MR) is 67.2 cm³/mol. The van der Waals surface area contributed by atoms with Crippen molar-refractivity contribution in [2.45, 2.75) is 26.4 Å². The summed E-state index contributed by atoms with van der Waals surface area (Å²) in [5.41, 5.74) is 0.455. The molecule has 0 radical (unpaired) electrons. The van der Waals surface area contributed by atoms with Gasteiger partial charge in [-0.1, -0.05) is 30.3 Å². The van der Waals surface area contributed by atoms with E-state index >= 15 is 0 Å². The third kappa shape index (κ3) is 3.96. The Morgan fingerprint density at radius 1 is 1.28 bits per heavy atom. The molecule has 2 atom stereocenters. The summed E-state index contributed by atoms with van der Waals surface area (Å²) in [7, 11) is 0. The number of esters is 1. The molecule has 1 aromatic rings. The monoisotopic (exact) mass is 250 g/mol. The van der Waals surface area contributed by atoms with Crippen molar-refractivity contribution in [3.05, 3.63) is 35.9 Å². The van der Waals surface area contributed by atoms with Crippen molar-refractivity contribution in [2.75, 3.05) is 6.61 Å². The lowest BCUT2D eigenvalue weighted by molar-refractivity contribution is -0.147. The molecule has 98 valence electrons. The van der Waals surface area contributed by atoms with Gasteiger partial charge in [0, 0.05) is 5.56 Å². The Morgan fingerprint density at radius 3 is 2.39 bits per heavy atom. The molecule has 0 aliphatic rings. The lowest BCUT2D eigenvalue weighted by Gasteiger charge is -2.16. The molecule has 0 heterocycles. The normalized spacial score (nSPS) is 13.7. The lowest BCUT2D eigenvalue weighted by Crippen LogP contribution is -2.29. The summed E-state index contributed by atoms with van der Waals surface area (Å²) < 4.78 is 4.88. The van der Waals surface area contributed by atoms with Crippen molar-refractivity contribution >= 4 is 11.8 Å². The summed E-state index contributed by atoms with van der Waals surface area (Å²) in [5, 5.41) is 9.38. The van der Waals surface area contributed by atoms with Gasteiger partial charge in [0.05, 0.1) is 12.7 Å². The molecule has 0 bridgehead atoms. The first kappa shape index (κ1) is 14.4. The Hall–Kier alpha value is -1.68. The number of aliphatic hydroxyl groups is 1. The van der Waals surface area contributed by atoms with Crippen LogP contribution in [0.1, 0.15) is 30.6 Å². The standard InChI is InChI=1S/C14H18O4/c1-3-18-14(17)12(9-10(2)15)13(16)11-7-5-4-6-8-11/h4-8,10,12,15H,3,9H2,1-2H3/t10-,12?/m0/s1. The van der Waals surface area contributed by atoms with Crippen molar-refractivity contribution in [3.8, 4) is 0 Å². The van der Waals surface area contributed by atoms with Crippen molar-refractivity contribution in [1.29, 1.82) is 0 Å². The second-order valence-electron chi connectivity index (χ2n) is 4.12. The van der Waals surface area contributed by atoms with E-state index in [1.165, 1.54) is 0 Å². The Morgan fingerprint density at radius 2 is 1.89 bits per heavy atom.